The number of halogens is 1. The normalized spacial score (nSPS) is 16.1. The van der Waals surface area contributed by atoms with Crippen LogP contribution in [-0.4, -0.2) is 10.8 Å². The summed E-state index contributed by atoms with van der Waals surface area (Å²) in [6.45, 7) is 0. The summed E-state index contributed by atoms with van der Waals surface area (Å²) in [5.74, 6) is 1.01. The van der Waals surface area contributed by atoms with Gasteiger partial charge in [0.05, 0.1) is 0 Å². The average molecular weight is 268 g/mol. The number of ketones is 1. The third-order valence-corrected chi connectivity index (χ3v) is 3.34. The zero-order valence-corrected chi connectivity index (χ0v) is 10.2. The minimum atomic E-state index is 0.347. The molecular weight excluding hydrogens is 254 g/mol. The van der Waals surface area contributed by atoms with Crippen molar-refractivity contribution in [1.82, 2.24) is 4.98 Å². The van der Waals surface area contributed by atoms with E-state index in [9.17, 15) is 4.79 Å². The molecule has 15 heavy (non-hydrogen) atoms. The highest BCUT2D eigenvalue weighted by Crippen LogP contribution is 2.29. The van der Waals surface area contributed by atoms with Gasteiger partial charge in [0.2, 0.25) is 0 Å². The van der Waals surface area contributed by atoms with Gasteiger partial charge in [-0.2, -0.15) is 0 Å². The van der Waals surface area contributed by atoms with Crippen molar-refractivity contribution in [2.45, 2.75) is 32.1 Å². The van der Waals surface area contributed by atoms with Crippen LogP contribution in [0.1, 0.15) is 31.2 Å². The van der Waals surface area contributed by atoms with Gasteiger partial charge in [-0.05, 0) is 33.5 Å². The van der Waals surface area contributed by atoms with Gasteiger partial charge in [0.1, 0.15) is 5.78 Å². The lowest BCUT2D eigenvalue weighted by Gasteiger charge is -2.24. The van der Waals surface area contributed by atoms with Gasteiger partial charge in [-0.25, -0.2) is 0 Å². The molecule has 1 aromatic heterocycles. The van der Waals surface area contributed by atoms with E-state index in [1.54, 1.807) is 12.4 Å². The van der Waals surface area contributed by atoms with Gasteiger partial charge in [0.25, 0.3) is 0 Å². The number of Topliss-reactive ketones (excluding diaryl/α,β-unsaturated/α-hetero) is 1. The van der Waals surface area contributed by atoms with Gasteiger partial charge in [-0.15, -0.1) is 0 Å². The number of rotatable bonds is 4. The van der Waals surface area contributed by atoms with Crippen LogP contribution in [0.3, 0.4) is 0 Å². The van der Waals surface area contributed by atoms with Crippen molar-refractivity contribution in [1.29, 1.82) is 0 Å². The maximum absolute atomic E-state index is 11.7. The number of aromatic nitrogens is 1. The molecule has 1 aliphatic carbocycles. The van der Waals surface area contributed by atoms with Gasteiger partial charge >= 0.3 is 0 Å². The Kier molecular flexibility index (Phi) is 3.52. The van der Waals surface area contributed by atoms with E-state index in [1.807, 2.05) is 6.07 Å². The standard InChI is InChI=1S/C12H14BrNO/c13-11-4-10(7-14-8-11)6-12(15)5-9-2-1-3-9/h4,7-9H,1-3,5-6H2. The zero-order valence-electron chi connectivity index (χ0n) is 8.58. The third kappa shape index (κ3) is 3.13. The third-order valence-electron chi connectivity index (χ3n) is 2.90. The molecule has 0 N–H and O–H groups in total. The van der Waals surface area contributed by atoms with Crippen LogP contribution < -0.4 is 0 Å². The van der Waals surface area contributed by atoms with Gasteiger partial charge in [-0.1, -0.05) is 19.3 Å². The number of carbonyl (C=O) groups is 1. The van der Waals surface area contributed by atoms with Crippen molar-refractivity contribution in [2.75, 3.05) is 0 Å². The van der Waals surface area contributed by atoms with Crippen molar-refractivity contribution in [3.8, 4) is 0 Å². The lowest BCUT2D eigenvalue weighted by atomic mass is 9.81. The van der Waals surface area contributed by atoms with E-state index in [0.29, 0.717) is 18.1 Å². The first kappa shape index (κ1) is 10.8. The van der Waals surface area contributed by atoms with E-state index in [0.717, 1.165) is 16.5 Å². The van der Waals surface area contributed by atoms with E-state index in [-0.39, 0.29) is 0 Å². The molecule has 0 aromatic carbocycles. The minimum absolute atomic E-state index is 0.347. The van der Waals surface area contributed by atoms with Crippen LogP contribution in [0.15, 0.2) is 22.9 Å². The van der Waals surface area contributed by atoms with E-state index >= 15 is 0 Å². The van der Waals surface area contributed by atoms with Crippen LogP contribution in [0.2, 0.25) is 0 Å². The summed E-state index contributed by atoms with van der Waals surface area (Å²) >= 11 is 3.35. The Labute approximate surface area is 98.2 Å². The quantitative estimate of drug-likeness (QED) is 0.839. The molecule has 0 bridgehead atoms. The average Bonchev–Trinajstić information content (AvgIpc) is 2.11. The summed E-state index contributed by atoms with van der Waals surface area (Å²) in [5, 5.41) is 0. The van der Waals surface area contributed by atoms with Crippen LogP contribution in [0, 0.1) is 5.92 Å². The van der Waals surface area contributed by atoms with Crippen LogP contribution in [0.4, 0.5) is 0 Å². The van der Waals surface area contributed by atoms with Crippen LogP contribution in [0.25, 0.3) is 0 Å². The molecule has 0 spiro atoms. The van der Waals surface area contributed by atoms with E-state index in [2.05, 4.69) is 20.9 Å². The Morgan fingerprint density at radius 2 is 2.27 bits per heavy atom. The number of hydrogen-bond acceptors (Lipinski definition) is 2. The summed E-state index contributed by atoms with van der Waals surface area (Å²) in [5.41, 5.74) is 1.01. The summed E-state index contributed by atoms with van der Waals surface area (Å²) in [4.78, 5) is 15.7. The summed E-state index contributed by atoms with van der Waals surface area (Å²) in [7, 11) is 0. The highest BCUT2D eigenvalue weighted by molar-refractivity contribution is 9.10. The highest BCUT2D eigenvalue weighted by Gasteiger charge is 2.20. The van der Waals surface area contributed by atoms with Gasteiger partial charge in [0.15, 0.2) is 0 Å². The van der Waals surface area contributed by atoms with Crippen molar-refractivity contribution in [3.63, 3.8) is 0 Å². The second-order valence-corrected chi connectivity index (χ2v) is 5.14. The van der Waals surface area contributed by atoms with E-state index in [4.69, 9.17) is 0 Å². The second kappa shape index (κ2) is 4.88. The molecular formula is C12H14BrNO. The minimum Gasteiger partial charge on any atom is -0.299 e. The van der Waals surface area contributed by atoms with E-state index in [1.165, 1.54) is 19.3 Å². The van der Waals surface area contributed by atoms with Crippen molar-refractivity contribution in [3.05, 3.63) is 28.5 Å². The Bertz CT molecular complexity index is 360. The number of hydrogen-bond donors (Lipinski definition) is 0. The highest BCUT2D eigenvalue weighted by atomic mass is 79.9. The lowest BCUT2D eigenvalue weighted by molar-refractivity contribution is -0.119. The Morgan fingerprint density at radius 3 is 2.87 bits per heavy atom. The molecule has 2 rings (SSSR count). The molecule has 1 saturated carbocycles. The Hall–Kier alpha value is -0.700. The SMILES string of the molecule is O=C(Cc1cncc(Br)c1)CC1CCC1. The van der Waals surface area contributed by atoms with Crippen LogP contribution in [-0.2, 0) is 11.2 Å². The van der Waals surface area contributed by atoms with Crippen molar-refractivity contribution >= 4 is 21.7 Å². The maximum atomic E-state index is 11.7. The molecule has 0 atom stereocenters. The van der Waals surface area contributed by atoms with E-state index < -0.39 is 0 Å². The first-order chi connectivity index (χ1) is 7.24. The topological polar surface area (TPSA) is 30.0 Å². The van der Waals surface area contributed by atoms with Crippen LogP contribution in [0.5, 0.6) is 0 Å². The number of pyridine rings is 1. The predicted molar refractivity (Wildman–Crippen MR) is 62.6 cm³/mol. The lowest BCUT2D eigenvalue weighted by Crippen LogP contribution is -2.17. The van der Waals surface area contributed by atoms with Gasteiger partial charge in [-0.3, -0.25) is 9.78 Å². The molecule has 0 amide bonds. The fourth-order valence-electron chi connectivity index (χ4n) is 1.87. The zero-order chi connectivity index (χ0) is 10.7. The fourth-order valence-corrected chi connectivity index (χ4v) is 2.28. The number of carbonyl (C=O) groups excluding carboxylic acids is 1. The first-order valence-electron chi connectivity index (χ1n) is 5.35. The first-order valence-corrected chi connectivity index (χ1v) is 6.14. The second-order valence-electron chi connectivity index (χ2n) is 4.23. The fraction of sp³-hybridized carbons (Fsp3) is 0.500. The smallest absolute Gasteiger partial charge is 0.137 e. The van der Waals surface area contributed by atoms with Crippen LogP contribution >= 0.6 is 15.9 Å². The molecule has 1 aromatic rings. The molecule has 1 aliphatic rings. The molecule has 0 radical (unpaired) electrons. The molecule has 3 heteroatoms. The molecule has 0 saturated heterocycles. The molecule has 1 fully saturated rings. The van der Waals surface area contributed by atoms with Gasteiger partial charge in [0, 0.05) is 29.7 Å². The number of nitrogens with zero attached hydrogens (tertiary/aromatic N) is 1. The molecule has 0 unspecified atom stereocenters. The van der Waals surface area contributed by atoms with Gasteiger partial charge < -0.3 is 0 Å². The largest absolute Gasteiger partial charge is 0.299 e. The molecule has 80 valence electrons. The summed E-state index contributed by atoms with van der Waals surface area (Å²) < 4.78 is 0.941. The maximum Gasteiger partial charge on any atom is 0.137 e. The predicted octanol–water partition coefficient (Wildman–Crippen LogP) is 3.15. The Morgan fingerprint density at radius 1 is 1.47 bits per heavy atom. The summed E-state index contributed by atoms with van der Waals surface area (Å²) in [6, 6.07) is 1.96. The Balaban J connectivity index is 1.87. The monoisotopic (exact) mass is 267 g/mol. The molecule has 0 aliphatic heterocycles. The van der Waals surface area contributed by atoms with Crippen molar-refractivity contribution < 1.29 is 4.79 Å². The molecule has 2 nitrogen and oxygen atoms in total. The van der Waals surface area contributed by atoms with Crippen molar-refractivity contribution in [2.24, 2.45) is 5.92 Å². The molecule has 1 heterocycles. The summed E-state index contributed by atoms with van der Waals surface area (Å²) in [6.07, 6.45) is 8.57.